The van der Waals surface area contributed by atoms with E-state index in [2.05, 4.69) is 57.5 Å². The number of likely N-dealkylation sites (tertiary alicyclic amines) is 1. The van der Waals surface area contributed by atoms with Gasteiger partial charge in [0.1, 0.15) is 11.8 Å². The first-order valence-electron chi connectivity index (χ1n) is 12.9. The maximum atomic E-state index is 12.1. The molecule has 0 saturated carbocycles. The molecule has 5 rings (SSSR count). The molecule has 1 aliphatic heterocycles. The van der Waals surface area contributed by atoms with Gasteiger partial charge in [-0.15, -0.1) is 5.10 Å². The number of nitriles is 1. The van der Waals surface area contributed by atoms with Crippen molar-refractivity contribution in [2.75, 3.05) is 11.9 Å². The third kappa shape index (κ3) is 4.65. The van der Waals surface area contributed by atoms with Crippen molar-refractivity contribution in [3.05, 3.63) is 42.5 Å². The number of nitrogens with zero attached hydrogens (tertiary/aromatic N) is 9. The Labute approximate surface area is 226 Å². The Kier molecular flexibility index (Phi) is 6.46. The summed E-state index contributed by atoms with van der Waals surface area (Å²) >= 11 is 0. The van der Waals surface area contributed by atoms with E-state index in [1.54, 1.807) is 32.7 Å². The van der Waals surface area contributed by atoms with Crippen molar-refractivity contribution in [3.8, 4) is 23.1 Å². The summed E-state index contributed by atoms with van der Waals surface area (Å²) in [6, 6.07) is 5.86. The lowest BCUT2D eigenvalue weighted by molar-refractivity contribution is 0.0149. The molecule has 5 heterocycles. The van der Waals surface area contributed by atoms with Crippen LogP contribution in [0.4, 0.5) is 10.5 Å². The number of amides is 1. The van der Waals surface area contributed by atoms with Crippen molar-refractivity contribution in [2.45, 2.75) is 65.6 Å². The van der Waals surface area contributed by atoms with Gasteiger partial charge in [-0.25, -0.2) is 19.4 Å². The second-order valence-corrected chi connectivity index (χ2v) is 11.3. The molecule has 4 aromatic rings. The van der Waals surface area contributed by atoms with Gasteiger partial charge in [-0.3, -0.25) is 0 Å². The summed E-state index contributed by atoms with van der Waals surface area (Å²) in [7, 11) is 0. The molecule has 39 heavy (non-hydrogen) atoms. The van der Waals surface area contributed by atoms with Crippen LogP contribution in [-0.4, -0.2) is 69.0 Å². The molecule has 1 fully saturated rings. The summed E-state index contributed by atoms with van der Waals surface area (Å²) in [6.07, 6.45) is 7.42. The molecule has 0 bridgehead atoms. The number of rotatable bonds is 6. The van der Waals surface area contributed by atoms with Gasteiger partial charge < -0.3 is 15.3 Å². The summed E-state index contributed by atoms with van der Waals surface area (Å²) in [5.41, 5.74) is 2.37. The van der Waals surface area contributed by atoms with Gasteiger partial charge in [0.25, 0.3) is 0 Å². The molecule has 0 unspecified atom stereocenters. The minimum Gasteiger partial charge on any atom is -0.465 e. The van der Waals surface area contributed by atoms with Crippen LogP contribution in [0, 0.1) is 16.7 Å². The normalized spacial score (nSPS) is 17.6. The van der Waals surface area contributed by atoms with Crippen LogP contribution in [0.15, 0.2) is 36.9 Å². The molecule has 1 aliphatic rings. The molecule has 12 heteroatoms. The topological polar surface area (TPSA) is 151 Å². The number of hydrogen-bond acceptors (Lipinski definition) is 8. The van der Waals surface area contributed by atoms with Gasteiger partial charge in [-0.1, -0.05) is 26.0 Å². The highest BCUT2D eigenvalue weighted by atomic mass is 16.4. The lowest BCUT2D eigenvalue weighted by Gasteiger charge is -2.46. The molecule has 2 N–H and O–H groups in total. The second kappa shape index (κ2) is 9.65. The number of fused-ring (bicyclic) bond motifs is 1. The Morgan fingerprint density at radius 2 is 2.03 bits per heavy atom. The van der Waals surface area contributed by atoms with Gasteiger partial charge in [-0.2, -0.15) is 15.0 Å². The van der Waals surface area contributed by atoms with Gasteiger partial charge in [0, 0.05) is 47.7 Å². The first kappa shape index (κ1) is 26.1. The van der Waals surface area contributed by atoms with Crippen LogP contribution in [0.25, 0.3) is 28.1 Å². The van der Waals surface area contributed by atoms with E-state index in [-0.39, 0.29) is 11.5 Å². The average Bonchev–Trinajstić information content (AvgIpc) is 3.62. The monoisotopic (exact) mass is 528 g/mol. The zero-order valence-corrected chi connectivity index (χ0v) is 22.8. The molecular weight excluding hydrogens is 496 g/mol. The summed E-state index contributed by atoms with van der Waals surface area (Å²) in [5.74, 6) is 0.566. The van der Waals surface area contributed by atoms with Crippen LogP contribution in [0.5, 0.6) is 0 Å². The smallest absolute Gasteiger partial charge is 0.407 e. The number of nitrogens with one attached hydrogen (secondary N) is 1. The van der Waals surface area contributed by atoms with Crippen LogP contribution < -0.4 is 5.32 Å². The van der Waals surface area contributed by atoms with Gasteiger partial charge in [-0.05, 0) is 38.2 Å². The zero-order valence-electron chi connectivity index (χ0n) is 22.8. The number of anilines is 1. The Balaban J connectivity index is 1.51. The fourth-order valence-electron chi connectivity index (χ4n) is 5.45. The SMILES string of the molecule is CC(C)Nc1cc(-n2ncc3cc(C#N)cnc32)ncc1-c1cn(C[C@]2(C(C)(C)C)CCCN2C(=O)O)nn1. The van der Waals surface area contributed by atoms with E-state index in [1.165, 1.54) is 6.20 Å². The van der Waals surface area contributed by atoms with E-state index in [9.17, 15) is 15.2 Å². The first-order chi connectivity index (χ1) is 18.5. The highest BCUT2D eigenvalue weighted by Gasteiger charge is 2.52. The van der Waals surface area contributed by atoms with Gasteiger partial charge in [0.15, 0.2) is 11.5 Å². The first-order valence-corrected chi connectivity index (χ1v) is 12.9. The molecule has 12 nitrogen and oxygen atoms in total. The third-order valence-electron chi connectivity index (χ3n) is 7.44. The second-order valence-electron chi connectivity index (χ2n) is 11.3. The number of pyridine rings is 2. The predicted octanol–water partition coefficient (Wildman–Crippen LogP) is 4.32. The fourth-order valence-corrected chi connectivity index (χ4v) is 5.45. The summed E-state index contributed by atoms with van der Waals surface area (Å²) in [4.78, 5) is 22.7. The Morgan fingerprint density at radius 3 is 2.72 bits per heavy atom. The number of hydrogen-bond donors (Lipinski definition) is 2. The molecular formula is C27H32N10O2. The number of carboxylic acid groups (broad SMARTS) is 1. The maximum Gasteiger partial charge on any atom is 0.407 e. The fraction of sp³-hybridized carbons (Fsp3) is 0.444. The third-order valence-corrected chi connectivity index (χ3v) is 7.44. The van der Waals surface area contributed by atoms with Crippen molar-refractivity contribution in [1.82, 2.24) is 39.6 Å². The summed E-state index contributed by atoms with van der Waals surface area (Å²) in [6.45, 7) is 11.2. The average molecular weight is 529 g/mol. The van der Waals surface area contributed by atoms with Crippen molar-refractivity contribution >= 4 is 22.8 Å². The summed E-state index contributed by atoms with van der Waals surface area (Å²) in [5, 5.41) is 36.6. The van der Waals surface area contributed by atoms with E-state index in [0.717, 1.165) is 29.5 Å². The molecule has 0 spiro atoms. The molecule has 202 valence electrons. The Morgan fingerprint density at radius 1 is 1.23 bits per heavy atom. The van der Waals surface area contributed by atoms with Crippen molar-refractivity contribution in [3.63, 3.8) is 0 Å². The molecule has 1 atom stereocenters. The van der Waals surface area contributed by atoms with Crippen LogP contribution in [-0.2, 0) is 6.54 Å². The largest absolute Gasteiger partial charge is 0.465 e. The highest BCUT2D eigenvalue weighted by Crippen LogP contribution is 2.45. The van der Waals surface area contributed by atoms with Gasteiger partial charge in [0.2, 0.25) is 0 Å². The lowest BCUT2D eigenvalue weighted by Crippen LogP contribution is -2.57. The predicted molar refractivity (Wildman–Crippen MR) is 145 cm³/mol. The van der Waals surface area contributed by atoms with Gasteiger partial charge >= 0.3 is 6.09 Å². The maximum absolute atomic E-state index is 12.1. The highest BCUT2D eigenvalue weighted by molar-refractivity contribution is 5.79. The molecule has 1 amide bonds. The van der Waals surface area contributed by atoms with Crippen molar-refractivity contribution in [2.24, 2.45) is 5.41 Å². The van der Waals surface area contributed by atoms with Crippen LogP contribution in [0.2, 0.25) is 0 Å². The van der Waals surface area contributed by atoms with Crippen molar-refractivity contribution < 1.29 is 9.90 Å². The van der Waals surface area contributed by atoms with Crippen LogP contribution in [0.3, 0.4) is 0 Å². The quantitative estimate of drug-likeness (QED) is 0.373. The zero-order chi connectivity index (χ0) is 27.9. The van der Waals surface area contributed by atoms with Crippen LogP contribution in [0.1, 0.15) is 53.0 Å². The van der Waals surface area contributed by atoms with Crippen LogP contribution >= 0.6 is 0 Å². The molecule has 4 aromatic heterocycles. The summed E-state index contributed by atoms with van der Waals surface area (Å²) < 4.78 is 3.38. The van der Waals surface area contributed by atoms with E-state index >= 15 is 0 Å². The number of carbonyl (C=O) groups is 1. The molecule has 0 radical (unpaired) electrons. The minimum atomic E-state index is -0.907. The standard InChI is InChI=1S/C27H32N10O2/c1-17(2)32-21-10-23(37-24-19(13-31-37)9-18(11-28)12-30-24)29-14-20(21)22-15-35(34-33-22)16-27(26(3,4)5)7-6-8-36(27)25(38)39/h9-10,12-15,17H,6-8,16H2,1-5H3,(H,29,32)(H,38,39)/t27-/m0/s1. The Hall–Kier alpha value is -4.53. The minimum absolute atomic E-state index is 0.131. The molecule has 1 saturated heterocycles. The molecule has 0 aliphatic carbocycles. The van der Waals surface area contributed by atoms with E-state index < -0.39 is 11.6 Å². The lowest BCUT2D eigenvalue weighted by atomic mass is 9.71. The van der Waals surface area contributed by atoms with Crippen molar-refractivity contribution in [1.29, 1.82) is 5.26 Å². The number of aromatic nitrogens is 7. The van der Waals surface area contributed by atoms with E-state index in [4.69, 9.17) is 0 Å². The Bertz CT molecular complexity index is 1580. The van der Waals surface area contributed by atoms with E-state index in [1.807, 2.05) is 26.1 Å². The van der Waals surface area contributed by atoms with E-state index in [0.29, 0.717) is 35.8 Å². The molecule has 0 aromatic carbocycles. The van der Waals surface area contributed by atoms with Gasteiger partial charge in [0.05, 0.1) is 30.0 Å².